The Labute approximate surface area is 142 Å². The number of phosphoric ester groups is 1. The fourth-order valence-electron chi connectivity index (χ4n) is 1.53. The van der Waals surface area contributed by atoms with Gasteiger partial charge < -0.3 is 20.1 Å². The number of phosphoric acid groups is 1. The minimum absolute atomic E-state index is 0.0534. The van der Waals surface area contributed by atoms with Crippen molar-refractivity contribution in [3.63, 3.8) is 0 Å². The lowest BCUT2D eigenvalue weighted by Crippen LogP contribution is -2.29. The molecule has 0 heterocycles. The minimum Gasteiger partial charge on any atom is -0.462 e. The maximum absolute atomic E-state index is 11.6. The van der Waals surface area contributed by atoms with Gasteiger partial charge in [0.15, 0.2) is 6.10 Å². The highest BCUT2D eigenvalue weighted by Gasteiger charge is 2.25. The van der Waals surface area contributed by atoms with Crippen LogP contribution in [-0.2, 0) is 32.7 Å². The summed E-state index contributed by atoms with van der Waals surface area (Å²) < 4.78 is 31.0. The van der Waals surface area contributed by atoms with Crippen LogP contribution in [0.5, 0.6) is 0 Å². The molecule has 24 heavy (non-hydrogen) atoms. The molecule has 9 nitrogen and oxygen atoms in total. The minimum atomic E-state index is -4.30. The first kappa shape index (κ1) is 23.0. The van der Waals surface area contributed by atoms with Crippen LogP contribution >= 0.6 is 7.82 Å². The highest BCUT2D eigenvalue weighted by atomic mass is 31.2. The Hall–Kier alpha value is -0.990. The Morgan fingerprint density at radius 1 is 1.08 bits per heavy atom. The molecule has 0 aliphatic rings. The molecule has 0 aliphatic carbocycles. The molecule has 0 fully saturated rings. The summed E-state index contributed by atoms with van der Waals surface area (Å²) in [5, 5.41) is 0. The molecule has 0 aromatic carbocycles. The van der Waals surface area contributed by atoms with Gasteiger partial charge in [-0.05, 0) is 12.8 Å². The van der Waals surface area contributed by atoms with Crippen LogP contribution in [0.25, 0.3) is 0 Å². The third-order valence-corrected chi connectivity index (χ3v) is 3.70. The van der Waals surface area contributed by atoms with E-state index < -0.39 is 32.5 Å². The van der Waals surface area contributed by atoms with Crippen molar-refractivity contribution in [1.29, 1.82) is 0 Å². The Bertz CT molecular complexity index is 418. The van der Waals surface area contributed by atoms with Gasteiger partial charge in [0.05, 0.1) is 13.2 Å². The third kappa shape index (κ3) is 12.4. The molecule has 10 heteroatoms. The molecule has 0 saturated heterocycles. The Kier molecular flexibility index (Phi) is 12.8. The van der Waals surface area contributed by atoms with Crippen LogP contribution in [0.3, 0.4) is 0 Å². The van der Waals surface area contributed by atoms with Gasteiger partial charge in [-0.25, -0.2) is 4.57 Å². The van der Waals surface area contributed by atoms with E-state index in [1.807, 2.05) is 6.92 Å². The Morgan fingerprint density at radius 3 is 2.38 bits per heavy atom. The molecule has 0 spiro atoms. The van der Waals surface area contributed by atoms with Crippen LogP contribution in [0.2, 0.25) is 0 Å². The van der Waals surface area contributed by atoms with Gasteiger partial charge in [0.2, 0.25) is 0 Å². The molecule has 1 unspecified atom stereocenters. The number of ether oxygens (including phenoxy) is 2. The van der Waals surface area contributed by atoms with E-state index in [1.54, 1.807) is 6.92 Å². The van der Waals surface area contributed by atoms with Gasteiger partial charge in [0, 0.05) is 19.4 Å². The van der Waals surface area contributed by atoms with Crippen molar-refractivity contribution in [3.8, 4) is 0 Å². The molecule has 0 saturated carbocycles. The van der Waals surface area contributed by atoms with E-state index in [2.05, 4.69) is 4.52 Å². The van der Waals surface area contributed by atoms with Crippen molar-refractivity contribution < 1.29 is 37.6 Å². The smallest absolute Gasteiger partial charge is 0.462 e. The molecular weight excluding hydrogens is 341 g/mol. The number of rotatable bonds is 14. The first-order valence-electron chi connectivity index (χ1n) is 8.01. The normalized spacial score (nSPS) is 14.7. The SMILES string of the molecule is CCCCC(=O)OC[C@H](COP(=O)(O)OCCN)OC(=O)CCC. The van der Waals surface area contributed by atoms with Crippen LogP contribution in [0, 0.1) is 0 Å². The number of carbonyl (C=O) groups excluding carboxylic acids is 2. The maximum Gasteiger partial charge on any atom is 0.472 e. The lowest BCUT2D eigenvalue weighted by molar-refractivity contribution is -0.161. The van der Waals surface area contributed by atoms with Crippen LogP contribution in [0.1, 0.15) is 46.0 Å². The zero-order valence-corrected chi connectivity index (χ0v) is 15.2. The summed E-state index contributed by atoms with van der Waals surface area (Å²) in [6.07, 6.45) is 1.57. The van der Waals surface area contributed by atoms with Gasteiger partial charge in [0.1, 0.15) is 6.61 Å². The molecule has 0 rings (SSSR count). The van der Waals surface area contributed by atoms with Gasteiger partial charge in [-0.2, -0.15) is 0 Å². The lowest BCUT2D eigenvalue weighted by Gasteiger charge is -2.19. The number of hydrogen-bond donors (Lipinski definition) is 2. The molecule has 0 aliphatic heterocycles. The van der Waals surface area contributed by atoms with Gasteiger partial charge in [-0.3, -0.25) is 18.6 Å². The predicted molar refractivity (Wildman–Crippen MR) is 86.1 cm³/mol. The molecule has 0 aromatic rings. The second-order valence-corrected chi connectivity index (χ2v) is 6.49. The molecule has 3 N–H and O–H groups in total. The molecule has 0 radical (unpaired) electrons. The highest BCUT2D eigenvalue weighted by molar-refractivity contribution is 7.47. The number of esters is 2. The average Bonchev–Trinajstić information content (AvgIpc) is 2.53. The van der Waals surface area contributed by atoms with Gasteiger partial charge in [-0.1, -0.05) is 20.3 Å². The van der Waals surface area contributed by atoms with Crippen LogP contribution in [0.4, 0.5) is 0 Å². The van der Waals surface area contributed by atoms with Crippen molar-refractivity contribution in [2.75, 3.05) is 26.4 Å². The van der Waals surface area contributed by atoms with E-state index in [-0.39, 0.29) is 32.6 Å². The summed E-state index contributed by atoms with van der Waals surface area (Å²) in [4.78, 5) is 32.5. The van der Waals surface area contributed by atoms with Crippen molar-refractivity contribution in [2.45, 2.75) is 52.1 Å². The summed E-state index contributed by atoms with van der Waals surface area (Å²) in [6, 6.07) is 0. The van der Waals surface area contributed by atoms with Gasteiger partial charge >= 0.3 is 19.8 Å². The topological polar surface area (TPSA) is 134 Å². The monoisotopic (exact) mass is 369 g/mol. The molecule has 0 bridgehead atoms. The lowest BCUT2D eigenvalue weighted by atomic mass is 10.2. The third-order valence-electron chi connectivity index (χ3n) is 2.71. The maximum atomic E-state index is 11.6. The summed E-state index contributed by atoms with van der Waals surface area (Å²) in [5.74, 6) is -0.939. The van der Waals surface area contributed by atoms with E-state index in [1.165, 1.54) is 0 Å². The molecule has 142 valence electrons. The first-order chi connectivity index (χ1) is 11.3. The highest BCUT2D eigenvalue weighted by Crippen LogP contribution is 2.43. The fraction of sp³-hybridized carbons (Fsp3) is 0.857. The molecule has 0 aromatic heterocycles. The second kappa shape index (κ2) is 13.3. The molecule has 2 atom stereocenters. The summed E-state index contributed by atoms with van der Waals surface area (Å²) in [6.45, 7) is 2.96. The Morgan fingerprint density at radius 2 is 1.79 bits per heavy atom. The number of nitrogens with two attached hydrogens (primary N) is 1. The summed E-state index contributed by atoms with van der Waals surface area (Å²) in [5.41, 5.74) is 5.17. The van der Waals surface area contributed by atoms with Gasteiger partial charge in [0.25, 0.3) is 0 Å². The number of carbonyl (C=O) groups is 2. The van der Waals surface area contributed by atoms with Crippen molar-refractivity contribution >= 4 is 19.8 Å². The van der Waals surface area contributed by atoms with E-state index >= 15 is 0 Å². The van der Waals surface area contributed by atoms with Crippen molar-refractivity contribution in [3.05, 3.63) is 0 Å². The average molecular weight is 369 g/mol. The second-order valence-electron chi connectivity index (χ2n) is 5.03. The van der Waals surface area contributed by atoms with E-state index in [4.69, 9.17) is 19.7 Å². The van der Waals surface area contributed by atoms with Crippen LogP contribution < -0.4 is 5.73 Å². The quantitative estimate of drug-likeness (QED) is 0.345. The van der Waals surface area contributed by atoms with E-state index in [0.717, 1.165) is 6.42 Å². The van der Waals surface area contributed by atoms with Crippen LogP contribution in [-0.4, -0.2) is 49.3 Å². The summed E-state index contributed by atoms with van der Waals surface area (Å²) >= 11 is 0. The van der Waals surface area contributed by atoms with Crippen molar-refractivity contribution in [2.24, 2.45) is 5.73 Å². The van der Waals surface area contributed by atoms with Gasteiger partial charge in [-0.15, -0.1) is 0 Å². The number of unbranched alkanes of at least 4 members (excludes halogenated alkanes) is 1. The van der Waals surface area contributed by atoms with E-state index in [9.17, 15) is 19.0 Å². The first-order valence-corrected chi connectivity index (χ1v) is 9.51. The predicted octanol–water partition coefficient (Wildman–Crippen LogP) is 1.52. The zero-order valence-electron chi connectivity index (χ0n) is 14.3. The zero-order chi connectivity index (χ0) is 18.4. The van der Waals surface area contributed by atoms with Crippen LogP contribution in [0.15, 0.2) is 0 Å². The molecular formula is C14H28NO8P. The molecule has 0 amide bonds. The fourth-order valence-corrected chi connectivity index (χ4v) is 2.29. The van der Waals surface area contributed by atoms with E-state index in [0.29, 0.717) is 12.8 Å². The summed E-state index contributed by atoms with van der Waals surface area (Å²) in [7, 11) is -4.30. The standard InChI is InChI=1S/C14H28NO8P/c1-3-5-7-13(16)20-10-12(23-14(17)6-4-2)11-22-24(18,19)21-9-8-15/h12H,3-11,15H2,1-2H3,(H,18,19)/t12-/m1/s1. The Balaban J connectivity index is 4.49. The number of hydrogen-bond acceptors (Lipinski definition) is 8. The largest absolute Gasteiger partial charge is 0.472 e. The van der Waals surface area contributed by atoms with Crippen molar-refractivity contribution in [1.82, 2.24) is 0 Å².